The van der Waals surface area contributed by atoms with Gasteiger partial charge in [-0.25, -0.2) is 4.39 Å². The first-order valence-corrected chi connectivity index (χ1v) is 11.9. The zero-order chi connectivity index (χ0) is 21.6. The van der Waals surface area contributed by atoms with E-state index in [-0.39, 0.29) is 35.2 Å². The first-order valence-electron chi connectivity index (χ1n) is 10.6. The third-order valence-electron chi connectivity index (χ3n) is 5.50. The van der Waals surface area contributed by atoms with Gasteiger partial charge in [0.1, 0.15) is 11.6 Å². The van der Waals surface area contributed by atoms with Crippen LogP contribution in [0.4, 0.5) is 4.39 Å². The predicted molar refractivity (Wildman–Crippen MR) is 137 cm³/mol. The minimum atomic E-state index is -0.170. The van der Waals surface area contributed by atoms with Crippen LogP contribution in [0.1, 0.15) is 44.5 Å². The van der Waals surface area contributed by atoms with Crippen molar-refractivity contribution in [3.05, 3.63) is 41.5 Å². The minimum Gasteiger partial charge on any atom is -0.356 e. The third kappa shape index (κ3) is 7.06. The van der Waals surface area contributed by atoms with Gasteiger partial charge in [-0.05, 0) is 49.1 Å². The summed E-state index contributed by atoms with van der Waals surface area (Å²) in [4.78, 5) is 4.33. The third-order valence-corrected chi connectivity index (χ3v) is 6.17. The van der Waals surface area contributed by atoms with Gasteiger partial charge in [-0.2, -0.15) is 0 Å². The zero-order valence-corrected chi connectivity index (χ0v) is 22.0. The summed E-state index contributed by atoms with van der Waals surface area (Å²) in [5.74, 6) is 2.21. The molecule has 1 heterocycles. The highest BCUT2D eigenvalue weighted by Crippen LogP contribution is 2.47. The number of aliphatic imine (C=N–C) groups is 1. The number of rotatable bonds is 10. The van der Waals surface area contributed by atoms with Gasteiger partial charge in [-0.3, -0.25) is 4.99 Å². The van der Waals surface area contributed by atoms with Crippen molar-refractivity contribution in [2.45, 2.75) is 56.6 Å². The second kappa shape index (κ2) is 12.0. The number of halogens is 2. The maximum atomic E-state index is 13.6. The van der Waals surface area contributed by atoms with E-state index in [1.807, 2.05) is 12.3 Å². The van der Waals surface area contributed by atoms with Crippen LogP contribution in [0.15, 0.2) is 34.4 Å². The molecule has 2 N–H and O–H groups in total. The van der Waals surface area contributed by atoms with Crippen molar-refractivity contribution in [1.29, 1.82) is 0 Å². The minimum absolute atomic E-state index is 0. The van der Waals surface area contributed by atoms with Gasteiger partial charge in [0.2, 0.25) is 0 Å². The molecule has 0 saturated heterocycles. The molecule has 0 unspecified atom stereocenters. The second-order valence-corrected chi connectivity index (χ2v) is 9.13. The van der Waals surface area contributed by atoms with Crippen molar-refractivity contribution < 1.29 is 4.39 Å². The van der Waals surface area contributed by atoms with Gasteiger partial charge in [0.15, 0.2) is 11.1 Å². The zero-order valence-electron chi connectivity index (χ0n) is 18.8. The van der Waals surface area contributed by atoms with Crippen LogP contribution in [0, 0.1) is 11.7 Å². The van der Waals surface area contributed by atoms with E-state index in [2.05, 4.69) is 44.2 Å². The summed E-state index contributed by atoms with van der Waals surface area (Å²) in [7, 11) is 1.78. The molecule has 0 atom stereocenters. The number of guanidine groups is 1. The quantitative estimate of drug-likeness (QED) is 0.150. The molecular formula is C22H34FIN6S. The fourth-order valence-corrected chi connectivity index (χ4v) is 4.19. The fourth-order valence-electron chi connectivity index (χ4n) is 3.67. The van der Waals surface area contributed by atoms with Crippen LogP contribution in [-0.2, 0) is 18.4 Å². The van der Waals surface area contributed by atoms with E-state index in [1.54, 1.807) is 30.9 Å². The lowest BCUT2D eigenvalue weighted by molar-refractivity contribution is 0.477. The van der Waals surface area contributed by atoms with Crippen molar-refractivity contribution in [3.63, 3.8) is 0 Å². The standard InChI is InChI=1S/C22H33FN6S.HI/c1-16(2)14-29-19(27-28-21(29)30-4)9-6-12-25-20(24-3)26-15-22(10-11-22)17-7-5-8-18(23)13-17;/h5,7-8,13,16H,6,9-12,14-15H2,1-4H3,(H2,24,25,26);1H. The van der Waals surface area contributed by atoms with Crippen LogP contribution >= 0.6 is 35.7 Å². The Morgan fingerprint density at radius 2 is 2.06 bits per heavy atom. The summed E-state index contributed by atoms with van der Waals surface area (Å²) in [5, 5.41) is 16.5. The first kappa shape index (κ1) is 25.9. The van der Waals surface area contributed by atoms with Crippen LogP contribution < -0.4 is 10.6 Å². The number of benzene rings is 1. The number of thioether (sulfide) groups is 1. The summed E-state index contributed by atoms with van der Waals surface area (Å²) in [6, 6.07) is 6.96. The molecule has 1 aromatic carbocycles. The molecule has 0 radical (unpaired) electrons. The molecule has 1 aliphatic carbocycles. The van der Waals surface area contributed by atoms with Crippen molar-refractivity contribution in [2.75, 3.05) is 26.4 Å². The Balaban J connectivity index is 0.00000341. The Kier molecular flexibility index (Phi) is 10.1. The van der Waals surface area contributed by atoms with Crippen LogP contribution in [-0.4, -0.2) is 47.1 Å². The van der Waals surface area contributed by atoms with Gasteiger partial charge >= 0.3 is 0 Å². The van der Waals surface area contributed by atoms with E-state index in [1.165, 1.54) is 6.07 Å². The first-order chi connectivity index (χ1) is 14.5. The van der Waals surface area contributed by atoms with Crippen LogP contribution in [0.5, 0.6) is 0 Å². The summed E-state index contributed by atoms with van der Waals surface area (Å²) in [5.41, 5.74) is 1.10. The maximum absolute atomic E-state index is 13.6. The fraction of sp³-hybridized carbons (Fsp3) is 0.591. The van der Waals surface area contributed by atoms with Crippen molar-refractivity contribution in [3.8, 4) is 0 Å². The number of nitrogens with zero attached hydrogens (tertiary/aromatic N) is 4. The number of aromatic nitrogens is 3. The van der Waals surface area contributed by atoms with Gasteiger partial charge in [0.05, 0.1) is 0 Å². The van der Waals surface area contributed by atoms with E-state index >= 15 is 0 Å². The van der Waals surface area contributed by atoms with Gasteiger partial charge < -0.3 is 15.2 Å². The molecule has 1 fully saturated rings. The molecule has 0 spiro atoms. The van der Waals surface area contributed by atoms with Gasteiger partial charge in [0.25, 0.3) is 0 Å². The van der Waals surface area contributed by atoms with E-state index in [0.717, 1.165) is 67.8 Å². The second-order valence-electron chi connectivity index (χ2n) is 8.35. The molecule has 1 aliphatic rings. The average Bonchev–Trinajstić information content (AvgIpc) is 3.43. The Morgan fingerprint density at radius 1 is 1.29 bits per heavy atom. The lowest BCUT2D eigenvalue weighted by Gasteiger charge is -2.19. The summed E-state index contributed by atoms with van der Waals surface area (Å²) >= 11 is 1.64. The van der Waals surface area contributed by atoms with E-state index in [9.17, 15) is 4.39 Å². The summed E-state index contributed by atoms with van der Waals surface area (Å²) in [6.45, 7) is 6.92. The van der Waals surface area contributed by atoms with Gasteiger partial charge in [0, 0.05) is 38.5 Å². The highest BCUT2D eigenvalue weighted by Gasteiger charge is 2.44. The van der Waals surface area contributed by atoms with E-state index < -0.39 is 0 Å². The molecule has 1 aromatic heterocycles. The normalized spacial score (nSPS) is 15.0. The smallest absolute Gasteiger partial charge is 0.191 e. The van der Waals surface area contributed by atoms with Crippen LogP contribution in [0.25, 0.3) is 0 Å². The topological polar surface area (TPSA) is 67.1 Å². The molecule has 0 bridgehead atoms. The van der Waals surface area contributed by atoms with Crippen molar-refractivity contribution >= 4 is 41.7 Å². The lowest BCUT2D eigenvalue weighted by atomic mass is 9.96. The van der Waals surface area contributed by atoms with E-state index in [4.69, 9.17) is 0 Å². The van der Waals surface area contributed by atoms with Crippen LogP contribution in [0.2, 0.25) is 0 Å². The van der Waals surface area contributed by atoms with Crippen molar-refractivity contribution in [1.82, 2.24) is 25.4 Å². The molecular weight excluding hydrogens is 526 g/mol. The molecule has 9 heteroatoms. The molecule has 31 heavy (non-hydrogen) atoms. The maximum Gasteiger partial charge on any atom is 0.191 e. The monoisotopic (exact) mass is 560 g/mol. The number of nitrogens with one attached hydrogen (secondary N) is 2. The Hall–Kier alpha value is -1.36. The number of aryl methyl sites for hydroxylation is 1. The Bertz CT molecular complexity index is 865. The Morgan fingerprint density at radius 3 is 2.68 bits per heavy atom. The SMILES string of the molecule is CN=C(NCCCc1nnc(SC)n1CC(C)C)NCC1(c2cccc(F)c2)CC1.I. The molecule has 172 valence electrons. The van der Waals surface area contributed by atoms with Crippen LogP contribution in [0.3, 0.4) is 0 Å². The molecule has 2 aromatic rings. The molecule has 3 rings (SSSR count). The molecule has 1 saturated carbocycles. The highest BCUT2D eigenvalue weighted by molar-refractivity contribution is 14.0. The number of hydrogen-bond acceptors (Lipinski definition) is 4. The predicted octanol–water partition coefficient (Wildman–Crippen LogP) is 4.24. The van der Waals surface area contributed by atoms with Gasteiger partial charge in [-0.15, -0.1) is 34.2 Å². The molecule has 0 aliphatic heterocycles. The molecule has 0 amide bonds. The molecule has 6 nitrogen and oxygen atoms in total. The summed E-state index contributed by atoms with van der Waals surface area (Å²) in [6.07, 6.45) is 6.00. The highest BCUT2D eigenvalue weighted by atomic mass is 127. The number of hydrogen-bond donors (Lipinski definition) is 2. The lowest BCUT2D eigenvalue weighted by Crippen LogP contribution is -2.41. The average molecular weight is 561 g/mol. The van der Waals surface area contributed by atoms with Crippen molar-refractivity contribution in [2.24, 2.45) is 10.9 Å². The van der Waals surface area contributed by atoms with Gasteiger partial charge in [-0.1, -0.05) is 37.7 Å². The van der Waals surface area contributed by atoms with E-state index in [0.29, 0.717) is 5.92 Å². The summed E-state index contributed by atoms with van der Waals surface area (Å²) < 4.78 is 15.8. The Labute approximate surface area is 206 Å². The largest absolute Gasteiger partial charge is 0.356 e.